The Morgan fingerprint density at radius 1 is 1.10 bits per heavy atom. The summed E-state index contributed by atoms with van der Waals surface area (Å²) in [6, 6.07) is 5.91. The highest BCUT2D eigenvalue weighted by molar-refractivity contribution is 7.91. The molecule has 0 radical (unpaired) electrons. The number of amides is 4. The van der Waals surface area contributed by atoms with E-state index >= 15 is 0 Å². The molecule has 264 valence electrons. The van der Waals surface area contributed by atoms with Crippen LogP contribution in [-0.2, 0) is 19.6 Å². The molecule has 2 aliphatic carbocycles. The number of aromatic nitrogens is 3. The lowest BCUT2D eigenvalue weighted by Gasteiger charge is -2.30. The van der Waals surface area contributed by atoms with Crippen molar-refractivity contribution in [1.82, 2.24) is 34.8 Å². The van der Waals surface area contributed by atoms with E-state index in [1.165, 1.54) is 4.90 Å². The predicted octanol–water partition coefficient (Wildman–Crippen LogP) is 3.11. The number of nitrogens with one attached hydrogen (secondary N) is 2. The van der Waals surface area contributed by atoms with Crippen LogP contribution in [0.4, 0.5) is 4.79 Å². The standard InChI is InChI=1S/C35H41N7O7S/c1-21-28(48-3)12-11-26-29(21)37-30(22-13-15-36-16-14-22)38-32(26)49-24-18-27-31(43)39-35(33(44)40-50(46,47)25-9-10-25)19-23(35)8-6-4-5-7-17-41(2)34(45)42(27)20-24/h6,8,11-16,23-25,27H,4-5,7,9-10,17-20H2,1-3H3,(H,39,43)(H,40,44)/b8-6-/t23-,24+,27-,35+/m0/s1. The van der Waals surface area contributed by atoms with Gasteiger partial charge in [-0.15, -0.1) is 0 Å². The first-order chi connectivity index (χ1) is 24.0. The molecule has 3 fully saturated rings. The number of nitrogens with zero attached hydrogens (tertiary/aromatic N) is 5. The predicted molar refractivity (Wildman–Crippen MR) is 184 cm³/mol. The summed E-state index contributed by atoms with van der Waals surface area (Å²) in [5.41, 5.74) is 0.729. The SMILES string of the molecule is COc1ccc2c(O[C@@H]3C[C@H]4C(=O)N[C@]5(C(=O)NS(=O)(=O)C6CC6)C[C@@H]5/C=C\CCCCN(C)C(=O)N4C3)nc(-c3ccncc3)nc2c1C. The Kier molecular flexibility index (Phi) is 8.87. The van der Waals surface area contributed by atoms with Crippen LogP contribution in [0.15, 0.2) is 48.8 Å². The van der Waals surface area contributed by atoms with Crippen LogP contribution in [0.1, 0.15) is 50.5 Å². The summed E-state index contributed by atoms with van der Waals surface area (Å²) < 4.78 is 39.8. The van der Waals surface area contributed by atoms with Crippen LogP contribution in [0.5, 0.6) is 11.6 Å². The van der Waals surface area contributed by atoms with Crippen LogP contribution in [0.2, 0.25) is 0 Å². The van der Waals surface area contributed by atoms with Crippen LogP contribution < -0.4 is 19.5 Å². The number of benzene rings is 1. The number of hydrogen-bond acceptors (Lipinski definition) is 10. The Labute approximate surface area is 290 Å². The maximum absolute atomic E-state index is 14.2. The van der Waals surface area contributed by atoms with Crippen molar-refractivity contribution < 1.29 is 32.3 Å². The number of sulfonamides is 1. The van der Waals surface area contributed by atoms with E-state index in [1.54, 1.807) is 43.6 Å². The second-order valence-electron chi connectivity index (χ2n) is 13.6. The molecule has 4 aliphatic rings. The van der Waals surface area contributed by atoms with E-state index in [1.807, 2.05) is 31.2 Å². The van der Waals surface area contributed by atoms with E-state index < -0.39 is 44.8 Å². The molecule has 1 saturated heterocycles. The minimum absolute atomic E-state index is 0.0884. The van der Waals surface area contributed by atoms with Gasteiger partial charge in [0.15, 0.2) is 5.82 Å². The molecular formula is C35H41N7O7S. The molecule has 4 heterocycles. The molecule has 7 rings (SSSR count). The third kappa shape index (κ3) is 6.45. The molecule has 4 atom stereocenters. The molecule has 2 N–H and O–H groups in total. The molecule has 50 heavy (non-hydrogen) atoms. The number of urea groups is 1. The van der Waals surface area contributed by atoms with Gasteiger partial charge >= 0.3 is 6.03 Å². The van der Waals surface area contributed by atoms with Gasteiger partial charge in [-0.2, -0.15) is 4.98 Å². The van der Waals surface area contributed by atoms with Crippen molar-refractivity contribution in [2.24, 2.45) is 5.92 Å². The first-order valence-electron chi connectivity index (χ1n) is 17.0. The van der Waals surface area contributed by atoms with Crippen molar-refractivity contribution in [3.8, 4) is 23.0 Å². The van der Waals surface area contributed by atoms with Crippen LogP contribution >= 0.6 is 0 Å². The highest BCUT2D eigenvalue weighted by atomic mass is 32.2. The quantitative estimate of drug-likeness (QED) is 0.348. The minimum Gasteiger partial charge on any atom is -0.496 e. The van der Waals surface area contributed by atoms with Gasteiger partial charge < -0.3 is 24.6 Å². The highest BCUT2D eigenvalue weighted by Crippen LogP contribution is 2.46. The number of rotatable bonds is 7. The summed E-state index contributed by atoms with van der Waals surface area (Å²) in [7, 11) is -0.546. The fourth-order valence-corrected chi connectivity index (χ4v) is 8.24. The van der Waals surface area contributed by atoms with E-state index in [0.717, 1.165) is 30.4 Å². The smallest absolute Gasteiger partial charge is 0.320 e. The summed E-state index contributed by atoms with van der Waals surface area (Å²) in [5.74, 6) is -0.307. The lowest BCUT2D eigenvalue weighted by atomic mass is 10.1. The van der Waals surface area contributed by atoms with Crippen molar-refractivity contribution in [2.45, 2.75) is 74.8 Å². The molecule has 2 aliphatic heterocycles. The number of methoxy groups -OCH3 is 1. The van der Waals surface area contributed by atoms with E-state index in [2.05, 4.69) is 15.0 Å². The zero-order valence-corrected chi connectivity index (χ0v) is 29.1. The number of aryl methyl sites for hydroxylation is 1. The maximum Gasteiger partial charge on any atom is 0.320 e. The maximum atomic E-state index is 14.2. The molecule has 2 saturated carbocycles. The first-order valence-corrected chi connectivity index (χ1v) is 18.5. The topological polar surface area (TPSA) is 173 Å². The number of carbonyl (C=O) groups is 3. The fraction of sp³-hybridized carbons (Fsp3) is 0.486. The molecular weight excluding hydrogens is 662 g/mol. The van der Waals surface area contributed by atoms with Crippen molar-refractivity contribution in [1.29, 1.82) is 0 Å². The van der Waals surface area contributed by atoms with Gasteiger partial charge in [0.2, 0.25) is 21.8 Å². The van der Waals surface area contributed by atoms with Gasteiger partial charge in [-0.25, -0.2) is 18.2 Å². The van der Waals surface area contributed by atoms with Gasteiger partial charge in [-0.05, 0) is 69.7 Å². The van der Waals surface area contributed by atoms with Gasteiger partial charge in [0.25, 0.3) is 5.91 Å². The average Bonchev–Trinajstić information content (AvgIpc) is 4.03. The number of pyridine rings is 1. The second-order valence-corrected chi connectivity index (χ2v) is 15.6. The highest BCUT2D eigenvalue weighted by Gasteiger charge is 2.62. The van der Waals surface area contributed by atoms with Crippen molar-refractivity contribution in [3.05, 3.63) is 54.4 Å². The molecule has 4 amide bonds. The van der Waals surface area contributed by atoms with E-state index in [9.17, 15) is 22.8 Å². The Morgan fingerprint density at radius 3 is 2.62 bits per heavy atom. The molecule has 14 nitrogen and oxygen atoms in total. The van der Waals surface area contributed by atoms with Gasteiger partial charge in [-0.1, -0.05) is 12.2 Å². The molecule has 0 spiro atoms. The second kappa shape index (κ2) is 13.2. The molecule has 0 unspecified atom stereocenters. The fourth-order valence-electron chi connectivity index (χ4n) is 6.88. The van der Waals surface area contributed by atoms with Gasteiger partial charge in [0, 0.05) is 49.5 Å². The summed E-state index contributed by atoms with van der Waals surface area (Å²) in [4.78, 5) is 58.4. The molecule has 1 aromatic carbocycles. The van der Waals surface area contributed by atoms with Gasteiger partial charge in [0.1, 0.15) is 23.4 Å². The van der Waals surface area contributed by atoms with Crippen molar-refractivity contribution in [3.63, 3.8) is 0 Å². The van der Waals surface area contributed by atoms with Crippen LogP contribution in [0, 0.1) is 12.8 Å². The van der Waals surface area contributed by atoms with Crippen molar-refractivity contribution >= 4 is 38.8 Å². The summed E-state index contributed by atoms with van der Waals surface area (Å²) >= 11 is 0. The number of allylic oxidation sites excluding steroid dienone is 1. The van der Waals surface area contributed by atoms with Crippen LogP contribution in [0.25, 0.3) is 22.3 Å². The zero-order chi connectivity index (χ0) is 35.2. The van der Waals surface area contributed by atoms with Crippen molar-refractivity contribution in [2.75, 3.05) is 27.2 Å². The summed E-state index contributed by atoms with van der Waals surface area (Å²) in [5, 5.41) is 2.94. The summed E-state index contributed by atoms with van der Waals surface area (Å²) in [6.45, 7) is 2.50. The number of fused-ring (bicyclic) bond motifs is 3. The van der Waals surface area contributed by atoms with E-state index in [-0.39, 0.29) is 31.3 Å². The Hall–Kier alpha value is -4.79. The van der Waals surface area contributed by atoms with Gasteiger partial charge in [-0.3, -0.25) is 19.3 Å². The molecule has 3 aromatic rings. The third-order valence-corrected chi connectivity index (χ3v) is 11.9. The van der Waals surface area contributed by atoms with Crippen LogP contribution in [-0.4, -0.2) is 101 Å². The van der Waals surface area contributed by atoms with E-state index in [4.69, 9.17) is 19.4 Å². The number of hydrogen-bond donors (Lipinski definition) is 2. The average molecular weight is 704 g/mol. The van der Waals surface area contributed by atoms with E-state index in [0.29, 0.717) is 47.7 Å². The van der Waals surface area contributed by atoms with Crippen LogP contribution in [0.3, 0.4) is 0 Å². The lowest BCUT2D eigenvalue weighted by Crippen LogP contribution is -2.57. The minimum atomic E-state index is -3.84. The number of carbonyl (C=O) groups excluding carboxylic acids is 3. The Morgan fingerprint density at radius 2 is 1.88 bits per heavy atom. The molecule has 15 heteroatoms. The normalized spacial score (nSPS) is 26.3. The number of ether oxygens (including phenoxy) is 2. The molecule has 2 aromatic heterocycles. The third-order valence-electron chi connectivity index (χ3n) is 10.1. The molecule has 0 bridgehead atoms. The Balaban J connectivity index is 1.21. The Bertz CT molecular complexity index is 1970. The largest absolute Gasteiger partial charge is 0.496 e. The monoisotopic (exact) mass is 703 g/mol. The summed E-state index contributed by atoms with van der Waals surface area (Å²) in [6.07, 6.45) is 10.2. The first kappa shape index (κ1) is 33.7. The zero-order valence-electron chi connectivity index (χ0n) is 28.3. The lowest BCUT2D eigenvalue weighted by molar-refractivity contribution is -0.131. The van der Waals surface area contributed by atoms with Gasteiger partial charge in [0.05, 0.1) is 29.8 Å².